The summed E-state index contributed by atoms with van der Waals surface area (Å²) >= 11 is 1.50. The van der Waals surface area contributed by atoms with Crippen molar-refractivity contribution < 1.29 is 23.9 Å². The van der Waals surface area contributed by atoms with Gasteiger partial charge in [-0.1, -0.05) is 206 Å². The van der Waals surface area contributed by atoms with Gasteiger partial charge in [0.2, 0.25) is 0 Å². The van der Waals surface area contributed by atoms with E-state index < -0.39 is 0 Å². The van der Waals surface area contributed by atoms with E-state index in [0.717, 1.165) is 121 Å². The smallest absolute Gasteiger partial charge is 0.305 e. The summed E-state index contributed by atoms with van der Waals surface area (Å²) in [6.45, 7) is 15.5. The molecule has 0 radical (unpaired) electrons. The lowest BCUT2D eigenvalue weighted by Gasteiger charge is -2.22. The van der Waals surface area contributed by atoms with Crippen LogP contribution in [0.5, 0.6) is 0 Å². The number of hydrogen-bond donors (Lipinski definition) is 0. The minimum absolute atomic E-state index is 0.0323. The number of thioether (sulfide) groups is 1. The molecule has 1 saturated heterocycles. The predicted octanol–water partition coefficient (Wildman–Crippen LogP) is 16.3. The summed E-state index contributed by atoms with van der Waals surface area (Å²) in [4.78, 5) is 42.6. The molecule has 1 rings (SSSR count). The predicted molar refractivity (Wildman–Crippen MR) is 268 cm³/mol. The van der Waals surface area contributed by atoms with Gasteiger partial charge in [0.1, 0.15) is 0 Å². The Labute approximate surface area is 389 Å². The molecule has 1 aliphatic heterocycles. The highest BCUT2D eigenvalue weighted by Crippen LogP contribution is 2.25. The number of unbranched alkanes of at least 4 members (excludes halogenated alkanes) is 20. The quantitative estimate of drug-likeness (QED) is 0.0342. The maximum atomic E-state index is 13.2. The lowest BCUT2D eigenvalue weighted by Crippen LogP contribution is -2.30. The van der Waals surface area contributed by atoms with E-state index in [-0.39, 0.29) is 17.2 Å². The topological polar surface area (TPSA) is 75.9 Å². The largest absolute Gasteiger partial charge is 0.466 e. The Bertz CT molecular complexity index is 923. The van der Waals surface area contributed by atoms with E-state index in [4.69, 9.17) is 9.47 Å². The molecular weight excluding hydrogens is 789 g/mol. The van der Waals surface area contributed by atoms with Crippen LogP contribution in [0.15, 0.2) is 0 Å². The standard InChI is InChI=1S/C54H104N2O5S/c1-5-9-13-23-34-50(35-24-14-10-6-2)38-31-47-60-52(57)40-27-19-17-21-29-43-56(54(59)62-49-33-42-55-45-46-55)44-30-22-18-20-28-41-53(58)61-48-32-39-51(36-25-15-11-7-3)37-26-16-12-8-4/h50-51H,5-49H2,1-4H3. The first kappa shape index (κ1) is 58.7. The van der Waals surface area contributed by atoms with Gasteiger partial charge in [0, 0.05) is 44.8 Å². The number of carbonyl (C=O) groups is 3. The molecule has 0 spiro atoms. The number of amides is 1. The van der Waals surface area contributed by atoms with Crippen molar-refractivity contribution in [2.24, 2.45) is 11.8 Å². The van der Waals surface area contributed by atoms with Crippen LogP contribution < -0.4 is 0 Å². The molecule has 1 amide bonds. The number of esters is 2. The molecule has 1 aliphatic rings. The summed E-state index contributed by atoms with van der Waals surface area (Å²) in [6.07, 6.45) is 43.5. The molecule has 1 heterocycles. The molecular formula is C54H104N2O5S. The molecule has 0 aromatic rings. The molecule has 0 N–H and O–H groups in total. The van der Waals surface area contributed by atoms with Crippen molar-refractivity contribution in [2.45, 2.75) is 265 Å². The fourth-order valence-corrected chi connectivity index (χ4v) is 9.71. The Kier molecular flexibility index (Phi) is 42.5. The number of hydrogen-bond acceptors (Lipinski definition) is 7. The Morgan fingerprint density at radius 1 is 0.452 bits per heavy atom. The van der Waals surface area contributed by atoms with Crippen LogP contribution in [-0.2, 0) is 19.1 Å². The van der Waals surface area contributed by atoms with Gasteiger partial charge in [-0.2, -0.15) is 0 Å². The van der Waals surface area contributed by atoms with Crippen LogP contribution in [0.1, 0.15) is 265 Å². The molecule has 0 atom stereocenters. The summed E-state index contributed by atoms with van der Waals surface area (Å²) < 4.78 is 11.3. The molecule has 7 nitrogen and oxygen atoms in total. The van der Waals surface area contributed by atoms with Crippen molar-refractivity contribution >= 4 is 28.9 Å². The minimum atomic E-state index is -0.0323. The summed E-state index contributed by atoms with van der Waals surface area (Å²) in [5.41, 5.74) is 0. The van der Waals surface area contributed by atoms with Crippen LogP contribution in [0, 0.1) is 11.8 Å². The monoisotopic (exact) mass is 893 g/mol. The fraction of sp³-hybridized carbons (Fsp3) is 0.944. The first-order valence-electron chi connectivity index (χ1n) is 27.4. The molecule has 62 heavy (non-hydrogen) atoms. The molecule has 0 aromatic heterocycles. The number of nitrogens with zero attached hydrogens (tertiary/aromatic N) is 2. The van der Waals surface area contributed by atoms with E-state index in [9.17, 15) is 14.4 Å². The van der Waals surface area contributed by atoms with Gasteiger partial charge in [0.25, 0.3) is 5.24 Å². The second-order valence-corrected chi connectivity index (χ2v) is 20.2. The lowest BCUT2D eigenvalue weighted by atomic mass is 9.91. The van der Waals surface area contributed by atoms with Crippen molar-refractivity contribution in [1.29, 1.82) is 0 Å². The van der Waals surface area contributed by atoms with E-state index in [1.807, 2.05) is 0 Å². The Morgan fingerprint density at radius 2 is 0.806 bits per heavy atom. The Balaban J connectivity index is 2.24. The summed E-state index contributed by atoms with van der Waals surface area (Å²) in [5, 5.41) is 0.236. The third kappa shape index (κ3) is 39.1. The Hall–Kier alpha value is -1.28. The molecule has 0 aromatic carbocycles. The number of rotatable bonds is 48. The molecule has 0 bridgehead atoms. The molecule has 8 heteroatoms. The van der Waals surface area contributed by atoms with Crippen LogP contribution in [0.2, 0.25) is 0 Å². The second kappa shape index (κ2) is 44.9. The van der Waals surface area contributed by atoms with Crippen LogP contribution >= 0.6 is 11.8 Å². The van der Waals surface area contributed by atoms with Gasteiger partial charge in [-0.25, -0.2) is 0 Å². The van der Waals surface area contributed by atoms with Gasteiger partial charge in [-0.05, 0) is 76.2 Å². The van der Waals surface area contributed by atoms with Crippen LogP contribution in [-0.4, -0.2) is 78.7 Å². The van der Waals surface area contributed by atoms with Crippen LogP contribution in [0.4, 0.5) is 4.79 Å². The number of ether oxygens (including phenoxy) is 2. The number of carbonyl (C=O) groups excluding carboxylic acids is 3. The highest BCUT2D eigenvalue weighted by molar-refractivity contribution is 8.13. The highest BCUT2D eigenvalue weighted by Gasteiger charge is 2.18. The Morgan fingerprint density at radius 3 is 1.19 bits per heavy atom. The van der Waals surface area contributed by atoms with E-state index in [1.165, 1.54) is 166 Å². The van der Waals surface area contributed by atoms with Gasteiger partial charge in [-0.15, -0.1) is 0 Å². The molecule has 0 unspecified atom stereocenters. The van der Waals surface area contributed by atoms with E-state index >= 15 is 0 Å². The molecule has 0 saturated carbocycles. The van der Waals surface area contributed by atoms with E-state index in [1.54, 1.807) is 0 Å². The van der Waals surface area contributed by atoms with Crippen molar-refractivity contribution in [3.05, 3.63) is 0 Å². The van der Waals surface area contributed by atoms with Gasteiger partial charge in [-0.3, -0.25) is 14.4 Å². The molecule has 366 valence electrons. The van der Waals surface area contributed by atoms with Gasteiger partial charge in [0.15, 0.2) is 0 Å². The first-order chi connectivity index (χ1) is 30.4. The lowest BCUT2D eigenvalue weighted by molar-refractivity contribution is -0.144. The molecule has 1 fully saturated rings. The van der Waals surface area contributed by atoms with Crippen LogP contribution in [0.3, 0.4) is 0 Å². The van der Waals surface area contributed by atoms with Gasteiger partial charge >= 0.3 is 11.9 Å². The average Bonchev–Trinajstić information content (AvgIpc) is 4.11. The normalized spacial score (nSPS) is 12.7. The summed E-state index contributed by atoms with van der Waals surface area (Å²) in [5.74, 6) is 2.42. The second-order valence-electron chi connectivity index (χ2n) is 19.2. The zero-order valence-corrected chi connectivity index (χ0v) is 42.6. The third-order valence-corrected chi connectivity index (χ3v) is 14.2. The maximum absolute atomic E-state index is 13.2. The maximum Gasteiger partial charge on any atom is 0.305 e. The fourth-order valence-electron chi connectivity index (χ4n) is 8.90. The van der Waals surface area contributed by atoms with Gasteiger partial charge in [0.05, 0.1) is 13.2 Å². The summed E-state index contributed by atoms with van der Waals surface area (Å²) in [6, 6.07) is 0. The molecule has 0 aliphatic carbocycles. The van der Waals surface area contributed by atoms with E-state index in [0.29, 0.717) is 26.1 Å². The van der Waals surface area contributed by atoms with Crippen molar-refractivity contribution in [2.75, 3.05) is 51.7 Å². The average molecular weight is 894 g/mol. The first-order valence-corrected chi connectivity index (χ1v) is 28.4. The SMILES string of the molecule is CCCCCCC(CCCCCC)CCCOC(=O)CCCCCCCN(CCCCCCCC(=O)OCCCC(CCCCCC)CCCCCC)C(=O)SCCCN1CC1. The van der Waals surface area contributed by atoms with Crippen molar-refractivity contribution in [1.82, 2.24) is 9.80 Å². The van der Waals surface area contributed by atoms with Crippen molar-refractivity contribution in [3.63, 3.8) is 0 Å². The van der Waals surface area contributed by atoms with Gasteiger partial charge < -0.3 is 19.3 Å². The summed E-state index contributed by atoms with van der Waals surface area (Å²) in [7, 11) is 0. The third-order valence-electron chi connectivity index (χ3n) is 13.2. The zero-order valence-electron chi connectivity index (χ0n) is 41.8. The zero-order chi connectivity index (χ0) is 45.0. The highest BCUT2D eigenvalue weighted by atomic mass is 32.2. The van der Waals surface area contributed by atoms with E-state index in [2.05, 4.69) is 37.5 Å². The van der Waals surface area contributed by atoms with Crippen LogP contribution in [0.25, 0.3) is 0 Å². The van der Waals surface area contributed by atoms with Crippen molar-refractivity contribution in [3.8, 4) is 0 Å². The minimum Gasteiger partial charge on any atom is -0.466 e.